The van der Waals surface area contributed by atoms with Gasteiger partial charge in [0.2, 0.25) is 0 Å². The molecule has 2 aromatic rings. The van der Waals surface area contributed by atoms with Gasteiger partial charge in [-0.2, -0.15) is 8.42 Å². The molecule has 0 fully saturated rings. The highest BCUT2D eigenvalue weighted by molar-refractivity contribution is 7.92. The minimum absolute atomic E-state index is 0.0179. The summed E-state index contributed by atoms with van der Waals surface area (Å²) in [7, 11) is -0.828. The quantitative estimate of drug-likeness (QED) is 0.814. The first-order valence-electron chi connectivity index (χ1n) is 5.31. The number of para-hydroxylation sites is 1. The van der Waals surface area contributed by atoms with Crippen molar-refractivity contribution in [3.8, 4) is 11.5 Å². The van der Waals surface area contributed by atoms with E-state index in [0.717, 1.165) is 0 Å². The van der Waals surface area contributed by atoms with Crippen LogP contribution < -0.4 is 9.46 Å². The molecule has 7 nitrogen and oxygen atoms in total. The third-order valence-electron chi connectivity index (χ3n) is 2.42. The van der Waals surface area contributed by atoms with E-state index in [2.05, 4.69) is 9.71 Å². The molecule has 1 aromatic carbocycles. The van der Waals surface area contributed by atoms with Crippen LogP contribution in [0.4, 0.5) is 5.69 Å². The number of aryl methyl sites for hydroxylation is 1. The first kappa shape index (κ1) is 13.2. The Labute approximate surface area is 110 Å². The van der Waals surface area contributed by atoms with Gasteiger partial charge in [0.1, 0.15) is 17.2 Å². The van der Waals surface area contributed by atoms with Crippen molar-refractivity contribution in [2.24, 2.45) is 7.05 Å². The maximum Gasteiger partial charge on any atom is 0.281 e. The van der Waals surface area contributed by atoms with Gasteiger partial charge < -0.3 is 14.4 Å². The zero-order valence-corrected chi connectivity index (χ0v) is 11.2. The van der Waals surface area contributed by atoms with E-state index in [1.165, 1.54) is 36.3 Å². The lowest BCUT2D eigenvalue weighted by Gasteiger charge is -2.11. The molecule has 8 heteroatoms. The highest BCUT2D eigenvalue weighted by Gasteiger charge is 2.21. The van der Waals surface area contributed by atoms with Gasteiger partial charge in [0.25, 0.3) is 10.0 Å². The molecule has 0 radical (unpaired) electrons. The number of phenols is 1. The summed E-state index contributed by atoms with van der Waals surface area (Å²) < 4.78 is 32.9. The number of aromatic hydroxyl groups is 1. The van der Waals surface area contributed by atoms with E-state index < -0.39 is 10.0 Å². The summed E-state index contributed by atoms with van der Waals surface area (Å²) in [5, 5.41) is 9.57. The fourth-order valence-electron chi connectivity index (χ4n) is 1.51. The monoisotopic (exact) mass is 283 g/mol. The first-order valence-corrected chi connectivity index (χ1v) is 6.79. The van der Waals surface area contributed by atoms with E-state index >= 15 is 0 Å². The van der Waals surface area contributed by atoms with Gasteiger partial charge >= 0.3 is 0 Å². The van der Waals surface area contributed by atoms with Crippen LogP contribution in [0, 0.1) is 0 Å². The van der Waals surface area contributed by atoms with Crippen LogP contribution in [0.2, 0.25) is 0 Å². The van der Waals surface area contributed by atoms with Gasteiger partial charge in [-0.25, -0.2) is 4.98 Å². The Balaban J connectivity index is 2.41. The summed E-state index contributed by atoms with van der Waals surface area (Å²) in [6.45, 7) is 0. The number of hydrogen-bond donors (Lipinski definition) is 2. The molecular weight excluding hydrogens is 270 g/mol. The maximum absolute atomic E-state index is 12.1. The molecule has 0 aliphatic rings. The van der Waals surface area contributed by atoms with Crippen LogP contribution in [0.5, 0.6) is 11.5 Å². The van der Waals surface area contributed by atoms with Crippen LogP contribution in [-0.4, -0.2) is 30.2 Å². The number of nitrogens with one attached hydrogen (secondary N) is 1. The Morgan fingerprint density at radius 3 is 2.74 bits per heavy atom. The molecule has 0 unspecified atom stereocenters. The molecule has 0 aliphatic heterocycles. The van der Waals surface area contributed by atoms with Gasteiger partial charge in [-0.1, -0.05) is 6.07 Å². The molecule has 102 valence electrons. The standard InChI is InChI=1S/C11H13N3O4S/c1-14-6-10(12-7-14)19(16,17)13-11-8(15)4-3-5-9(11)18-2/h3-7,13,15H,1-2H3. The fraction of sp³-hybridized carbons (Fsp3) is 0.182. The minimum Gasteiger partial charge on any atom is -0.506 e. The number of phenolic OH excluding ortho intramolecular Hbond substituents is 1. The number of sulfonamides is 1. The van der Waals surface area contributed by atoms with Gasteiger partial charge in [-0.3, -0.25) is 4.72 Å². The topological polar surface area (TPSA) is 93.5 Å². The normalized spacial score (nSPS) is 11.3. The summed E-state index contributed by atoms with van der Waals surface area (Å²) in [6, 6.07) is 4.45. The van der Waals surface area contributed by atoms with Crippen molar-refractivity contribution in [3.05, 3.63) is 30.7 Å². The van der Waals surface area contributed by atoms with Crippen LogP contribution in [0.3, 0.4) is 0 Å². The van der Waals surface area contributed by atoms with Crippen molar-refractivity contribution in [3.63, 3.8) is 0 Å². The predicted octanol–water partition coefficient (Wildman–Crippen LogP) is 0.935. The number of ether oxygens (including phenoxy) is 1. The van der Waals surface area contributed by atoms with Gasteiger partial charge in [-0.15, -0.1) is 0 Å². The predicted molar refractivity (Wildman–Crippen MR) is 68.7 cm³/mol. The van der Waals surface area contributed by atoms with E-state index in [4.69, 9.17) is 4.74 Å². The van der Waals surface area contributed by atoms with Crippen LogP contribution in [-0.2, 0) is 17.1 Å². The third-order valence-corrected chi connectivity index (χ3v) is 3.65. The second kappa shape index (κ2) is 4.81. The van der Waals surface area contributed by atoms with Crippen molar-refractivity contribution in [1.29, 1.82) is 0 Å². The average molecular weight is 283 g/mol. The SMILES string of the molecule is COc1cccc(O)c1NS(=O)(=O)c1cn(C)cn1. The Bertz CT molecular complexity index is 694. The molecule has 0 amide bonds. The summed E-state index contributed by atoms with van der Waals surface area (Å²) in [5.41, 5.74) is -0.0179. The number of benzene rings is 1. The highest BCUT2D eigenvalue weighted by Crippen LogP contribution is 2.34. The molecule has 0 bridgehead atoms. The smallest absolute Gasteiger partial charge is 0.281 e. The van der Waals surface area contributed by atoms with Crippen molar-refractivity contribution in [2.75, 3.05) is 11.8 Å². The molecule has 0 atom stereocenters. The van der Waals surface area contributed by atoms with Crippen molar-refractivity contribution in [2.45, 2.75) is 5.03 Å². The van der Waals surface area contributed by atoms with Crippen LogP contribution in [0.1, 0.15) is 0 Å². The summed E-state index contributed by atoms with van der Waals surface area (Å²) >= 11 is 0. The number of nitrogens with zero attached hydrogens (tertiary/aromatic N) is 2. The highest BCUT2D eigenvalue weighted by atomic mass is 32.2. The molecule has 19 heavy (non-hydrogen) atoms. The lowest BCUT2D eigenvalue weighted by molar-refractivity contribution is 0.411. The first-order chi connectivity index (χ1) is 8.94. The molecule has 2 N–H and O–H groups in total. The number of imidazole rings is 1. The van der Waals surface area contributed by atoms with E-state index in [1.807, 2.05) is 0 Å². The van der Waals surface area contributed by atoms with Crippen LogP contribution in [0.25, 0.3) is 0 Å². The zero-order chi connectivity index (χ0) is 14.0. The van der Waals surface area contributed by atoms with Crippen LogP contribution >= 0.6 is 0 Å². The van der Waals surface area contributed by atoms with Crippen molar-refractivity contribution in [1.82, 2.24) is 9.55 Å². The zero-order valence-electron chi connectivity index (χ0n) is 10.4. The van der Waals surface area contributed by atoms with Crippen molar-refractivity contribution < 1.29 is 18.3 Å². The third kappa shape index (κ3) is 2.63. The Morgan fingerprint density at radius 1 is 1.42 bits per heavy atom. The van der Waals surface area contributed by atoms with Gasteiger partial charge in [0, 0.05) is 13.2 Å². The van der Waals surface area contributed by atoms with Gasteiger partial charge in [0.15, 0.2) is 5.03 Å². The van der Waals surface area contributed by atoms with E-state index in [0.29, 0.717) is 0 Å². The van der Waals surface area contributed by atoms with Crippen LogP contribution in [0.15, 0.2) is 35.7 Å². The molecule has 0 saturated heterocycles. The molecular formula is C11H13N3O4S. The maximum atomic E-state index is 12.1. The average Bonchev–Trinajstić information content (AvgIpc) is 2.79. The molecule has 1 heterocycles. The van der Waals surface area contributed by atoms with E-state index in [9.17, 15) is 13.5 Å². The van der Waals surface area contributed by atoms with Gasteiger partial charge in [0.05, 0.1) is 13.4 Å². The lowest BCUT2D eigenvalue weighted by Crippen LogP contribution is -2.14. The number of aromatic nitrogens is 2. The molecule has 0 aliphatic carbocycles. The second-order valence-corrected chi connectivity index (χ2v) is 5.47. The lowest BCUT2D eigenvalue weighted by atomic mass is 10.3. The number of methoxy groups -OCH3 is 1. The van der Waals surface area contributed by atoms with Gasteiger partial charge in [-0.05, 0) is 12.1 Å². The van der Waals surface area contributed by atoms with E-state index in [-0.39, 0.29) is 22.2 Å². The molecule has 1 aromatic heterocycles. The minimum atomic E-state index is -3.87. The number of hydrogen-bond acceptors (Lipinski definition) is 5. The molecule has 0 saturated carbocycles. The van der Waals surface area contributed by atoms with E-state index in [1.54, 1.807) is 13.1 Å². The summed E-state index contributed by atoms with van der Waals surface area (Å²) in [6.07, 6.45) is 2.73. The number of rotatable bonds is 4. The Kier molecular flexibility index (Phi) is 3.34. The van der Waals surface area contributed by atoms with Crippen molar-refractivity contribution >= 4 is 15.7 Å². The molecule has 0 spiro atoms. The Hall–Kier alpha value is -2.22. The fourth-order valence-corrected chi connectivity index (χ4v) is 2.58. The summed E-state index contributed by atoms with van der Waals surface area (Å²) in [5.74, 6) is -0.00152. The molecule has 2 rings (SSSR count). The second-order valence-electron chi connectivity index (χ2n) is 3.84. The largest absolute Gasteiger partial charge is 0.506 e. The number of anilines is 1. The summed E-state index contributed by atoms with van der Waals surface area (Å²) in [4.78, 5) is 3.76. The Morgan fingerprint density at radius 2 is 2.16 bits per heavy atom.